The molecule has 0 spiro atoms. The highest BCUT2D eigenvalue weighted by molar-refractivity contribution is 5.39. The number of rotatable bonds is 4. The Kier molecular flexibility index (Phi) is 3.97. The predicted octanol–water partition coefficient (Wildman–Crippen LogP) is 2.82. The highest BCUT2D eigenvalue weighted by atomic mass is 16.5. The largest absolute Gasteiger partial charge is 0.380 e. The van der Waals surface area contributed by atoms with E-state index in [1.54, 1.807) is 7.11 Å². The predicted molar refractivity (Wildman–Crippen MR) is 66.5 cm³/mol. The quantitative estimate of drug-likeness (QED) is 0.840. The van der Waals surface area contributed by atoms with Crippen LogP contribution in [0.5, 0.6) is 0 Å². The Morgan fingerprint density at radius 2 is 2.31 bits per heavy atom. The van der Waals surface area contributed by atoms with Gasteiger partial charge in [0.2, 0.25) is 0 Å². The van der Waals surface area contributed by atoms with Crippen LogP contribution >= 0.6 is 0 Å². The van der Waals surface area contributed by atoms with E-state index in [0.29, 0.717) is 6.04 Å². The average molecular weight is 219 g/mol. The molecule has 0 radical (unpaired) electrons. The van der Waals surface area contributed by atoms with E-state index in [1.807, 2.05) is 0 Å². The molecule has 1 aliphatic rings. The number of benzene rings is 1. The summed E-state index contributed by atoms with van der Waals surface area (Å²) < 4.78 is 5.27. The molecule has 0 saturated heterocycles. The Labute approximate surface area is 98.0 Å². The van der Waals surface area contributed by atoms with Crippen molar-refractivity contribution in [2.24, 2.45) is 0 Å². The molecule has 1 aromatic carbocycles. The van der Waals surface area contributed by atoms with Crippen molar-refractivity contribution in [3.8, 4) is 0 Å². The van der Waals surface area contributed by atoms with Gasteiger partial charge in [0.1, 0.15) is 0 Å². The summed E-state index contributed by atoms with van der Waals surface area (Å²) in [6.07, 6.45) is 3.59. The summed E-state index contributed by atoms with van der Waals surface area (Å²) in [4.78, 5) is 0. The van der Waals surface area contributed by atoms with Crippen LogP contribution in [-0.4, -0.2) is 13.7 Å². The van der Waals surface area contributed by atoms with Crippen molar-refractivity contribution >= 4 is 0 Å². The Balaban J connectivity index is 2.30. The minimum absolute atomic E-state index is 0.547. The molecule has 2 heteroatoms. The molecule has 1 heterocycles. The molecule has 0 fully saturated rings. The lowest BCUT2D eigenvalue weighted by molar-refractivity contribution is 0.183. The average Bonchev–Trinajstić information content (AvgIpc) is 2.31. The Morgan fingerprint density at radius 1 is 1.44 bits per heavy atom. The van der Waals surface area contributed by atoms with Gasteiger partial charge in [0.25, 0.3) is 0 Å². The van der Waals surface area contributed by atoms with Crippen LogP contribution in [0.1, 0.15) is 42.5 Å². The Morgan fingerprint density at radius 3 is 3.06 bits per heavy atom. The zero-order valence-corrected chi connectivity index (χ0v) is 10.3. The second-order valence-electron chi connectivity index (χ2n) is 4.46. The van der Waals surface area contributed by atoms with Crippen LogP contribution in [0.2, 0.25) is 0 Å². The Bertz CT molecular complexity index is 349. The third kappa shape index (κ3) is 2.28. The molecule has 1 unspecified atom stereocenters. The molecule has 0 amide bonds. The van der Waals surface area contributed by atoms with Gasteiger partial charge in [-0.25, -0.2) is 0 Å². The first-order chi connectivity index (χ1) is 7.86. The zero-order chi connectivity index (χ0) is 11.4. The molecule has 2 rings (SSSR count). The number of hydrogen-bond acceptors (Lipinski definition) is 2. The molecule has 1 atom stereocenters. The van der Waals surface area contributed by atoms with E-state index in [2.05, 4.69) is 30.4 Å². The Hall–Kier alpha value is -0.860. The monoisotopic (exact) mass is 219 g/mol. The van der Waals surface area contributed by atoms with Crippen LogP contribution < -0.4 is 5.32 Å². The maximum absolute atomic E-state index is 5.27. The number of ether oxygens (including phenoxy) is 1. The minimum atomic E-state index is 0.547. The van der Waals surface area contributed by atoms with Crippen LogP contribution in [-0.2, 0) is 17.8 Å². The van der Waals surface area contributed by atoms with Gasteiger partial charge in [0.05, 0.1) is 6.61 Å². The van der Waals surface area contributed by atoms with Gasteiger partial charge in [-0.15, -0.1) is 0 Å². The molecule has 0 aromatic heterocycles. The highest BCUT2D eigenvalue weighted by Crippen LogP contribution is 2.28. The van der Waals surface area contributed by atoms with Gasteiger partial charge in [0.15, 0.2) is 0 Å². The fourth-order valence-corrected chi connectivity index (χ4v) is 2.60. The van der Waals surface area contributed by atoms with Crippen LogP contribution in [0.3, 0.4) is 0 Å². The van der Waals surface area contributed by atoms with E-state index >= 15 is 0 Å². The smallest absolute Gasteiger partial charge is 0.0715 e. The van der Waals surface area contributed by atoms with E-state index < -0.39 is 0 Å². The highest BCUT2D eigenvalue weighted by Gasteiger charge is 2.20. The summed E-state index contributed by atoms with van der Waals surface area (Å²) >= 11 is 0. The van der Waals surface area contributed by atoms with Crippen molar-refractivity contribution in [2.75, 3.05) is 13.7 Å². The molecular formula is C14H21NO. The SMILES string of the molecule is CCCC1NCCc2c(COC)cccc21. The first-order valence-electron chi connectivity index (χ1n) is 6.19. The van der Waals surface area contributed by atoms with Crippen LogP contribution in [0, 0.1) is 0 Å². The minimum Gasteiger partial charge on any atom is -0.380 e. The number of fused-ring (bicyclic) bond motifs is 1. The molecular weight excluding hydrogens is 198 g/mol. The molecule has 0 bridgehead atoms. The van der Waals surface area contributed by atoms with Crippen LogP contribution in [0.4, 0.5) is 0 Å². The molecule has 2 nitrogen and oxygen atoms in total. The van der Waals surface area contributed by atoms with Gasteiger partial charge in [-0.3, -0.25) is 0 Å². The summed E-state index contributed by atoms with van der Waals surface area (Å²) in [5, 5.41) is 3.60. The van der Waals surface area contributed by atoms with Gasteiger partial charge in [-0.05, 0) is 36.1 Å². The van der Waals surface area contributed by atoms with Crippen molar-refractivity contribution in [2.45, 2.75) is 38.8 Å². The summed E-state index contributed by atoms with van der Waals surface area (Å²) in [5.41, 5.74) is 4.37. The van der Waals surface area contributed by atoms with Gasteiger partial charge in [-0.1, -0.05) is 31.5 Å². The summed E-state index contributed by atoms with van der Waals surface area (Å²) in [5.74, 6) is 0. The molecule has 88 valence electrons. The number of methoxy groups -OCH3 is 1. The second kappa shape index (κ2) is 5.46. The summed E-state index contributed by atoms with van der Waals surface area (Å²) in [6, 6.07) is 7.16. The summed E-state index contributed by atoms with van der Waals surface area (Å²) in [7, 11) is 1.77. The van der Waals surface area contributed by atoms with Crippen molar-refractivity contribution in [3.05, 3.63) is 34.9 Å². The molecule has 0 aliphatic carbocycles. The summed E-state index contributed by atoms with van der Waals surface area (Å²) in [6.45, 7) is 4.08. The first kappa shape index (κ1) is 11.6. The zero-order valence-electron chi connectivity index (χ0n) is 10.3. The van der Waals surface area contributed by atoms with E-state index in [4.69, 9.17) is 4.74 Å². The van der Waals surface area contributed by atoms with Crippen molar-refractivity contribution in [1.29, 1.82) is 0 Å². The number of nitrogens with one attached hydrogen (secondary N) is 1. The first-order valence-corrected chi connectivity index (χ1v) is 6.19. The van der Waals surface area contributed by atoms with Crippen LogP contribution in [0.15, 0.2) is 18.2 Å². The topological polar surface area (TPSA) is 21.3 Å². The number of hydrogen-bond donors (Lipinski definition) is 1. The van der Waals surface area contributed by atoms with E-state index in [1.165, 1.54) is 29.5 Å². The van der Waals surface area contributed by atoms with Gasteiger partial charge < -0.3 is 10.1 Å². The fourth-order valence-electron chi connectivity index (χ4n) is 2.60. The van der Waals surface area contributed by atoms with Crippen molar-refractivity contribution < 1.29 is 4.74 Å². The molecule has 0 saturated carbocycles. The van der Waals surface area contributed by atoms with E-state index in [-0.39, 0.29) is 0 Å². The lowest BCUT2D eigenvalue weighted by Crippen LogP contribution is -2.30. The van der Waals surface area contributed by atoms with Crippen LogP contribution in [0.25, 0.3) is 0 Å². The van der Waals surface area contributed by atoms with Gasteiger partial charge >= 0.3 is 0 Å². The maximum Gasteiger partial charge on any atom is 0.0715 e. The van der Waals surface area contributed by atoms with E-state index in [9.17, 15) is 0 Å². The third-order valence-electron chi connectivity index (χ3n) is 3.33. The normalized spacial score (nSPS) is 19.5. The maximum atomic E-state index is 5.27. The van der Waals surface area contributed by atoms with Gasteiger partial charge in [-0.2, -0.15) is 0 Å². The molecule has 1 aromatic rings. The standard InChI is InChI=1S/C14H21NO/c1-3-5-14-13-7-4-6-11(10-16-2)12(13)8-9-15-14/h4,6-7,14-15H,3,5,8-10H2,1-2H3. The lowest BCUT2D eigenvalue weighted by Gasteiger charge is -2.28. The lowest BCUT2D eigenvalue weighted by atomic mass is 9.89. The fraction of sp³-hybridized carbons (Fsp3) is 0.571. The molecule has 1 N–H and O–H groups in total. The van der Waals surface area contributed by atoms with E-state index in [0.717, 1.165) is 19.6 Å². The third-order valence-corrected chi connectivity index (χ3v) is 3.33. The van der Waals surface area contributed by atoms with Gasteiger partial charge in [0, 0.05) is 13.2 Å². The molecule has 16 heavy (non-hydrogen) atoms. The second-order valence-corrected chi connectivity index (χ2v) is 4.46. The molecule has 1 aliphatic heterocycles. The van der Waals surface area contributed by atoms with Crippen molar-refractivity contribution in [1.82, 2.24) is 5.32 Å². The van der Waals surface area contributed by atoms with Crippen molar-refractivity contribution in [3.63, 3.8) is 0 Å².